The van der Waals surface area contributed by atoms with Gasteiger partial charge < -0.3 is 10.6 Å². The molecule has 160 valence electrons. The van der Waals surface area contributed by atoms with Crippen LogP contribution in [0.1, 0.15) is 26.3 Å². The molecule has 2 amide bonds. The summed E-state index contributed by atoms with van der Waals surface area (Å²) in [7, 11) is -3.47. The molecule has 0 saturated carbocycles. The second-order valence-corrected chi connectivity index (χ2v) is 8.89. The normalized spacial score (nSPS) is 10.9. The standard InChI is InChI=1S/C22H20ClN3O4S/c1-31(29,30)26-16-11-12-17(19(23)13-16)22(28)25-20-10-6-5-9-18(20)21(27)24-14-15-7-3-2-4-8-15/h2-13,26H,14H2,1H3,(H,24,27)(H,25,28). The fourth-order valence-corrected chi connectivity index (χ4v) is 3.65. The third-order valence-electron chi connectivity index (χ3n) is 4.23. The third-order valence-corrected chi connectivity index (χ3v) is 5.15. The van der Waals surface area contributed by atoms with Gasteiger partial charge in [0.2, 0.25) is 10.0 Å². The molecule has 9 heteroatoms. The molecule has 0 aliphatic rings. The summed E-state index contributed by atoms with van der Waals surface area (Å²) in [5, 5.41) is 5.59. The summed E-state index contributed by atoms with van der Waals surface area (Å²) in [6.07, 6.45) is 1.02. The Balaban J connectivity index is 1.74. The SMILES string of the molecule is CS(=O)(=O)Nc1ccc(C(=O)Nc2ccccc2C(=O)NCc2ccccc2)c(Cl)c1. The number of rotatable bonds is 7. The number of hydrogen-bond donors (Lipinski definition) is 3. The summed E-state index contributed by atoms with van der Waals surface area (Å²) in [5.41, 5.74) is 1.96. The minimum atomic E-state index is -3.47. The Morgan fingerprint density at radius 1 is 0.871 bits per heavy atom. The number of sulfonamides is 1. The van der Waals surface area contributed by atoms with E-state index in [0.717, 1.165) is 11.8 Å². The maximum absolute atomic E-state index is 12.7. The van der Waals surface area contributed by atoms with E-state index >= 15 is 0 Å². The molecule has 0 fully saturated rings. The Bertz CT molecular complexity index is 1210. The molecule has 0 spiro atoms. The first-order valence-corrected chi connectivity index (χ1v) is 11.5. The zero-order valence-electron chi connectivity index (χ0n) is 16.6. The minimum absolute atomic E-state index is 0.0668. The van der Waals surface area contributed by atoms with Gasteiger partial charge in [0.25, 0.3) is 11.8 Å². The minimum Gasteiger partial charge on any atom is -0.348 e. The largest absolute Gasteiger partial charge is 0.348 e. The van der Waals surface area contributed by atoms with Crippen LogP contribution in [-0.2, 0) is 16.6 Å². The summed E-state index contributed by atoms with van der Waals surface area (Å²) in [6, 6.07) is 20.3. The van der Waals surface area contributed by atoms with Crippen LogP contribution in [0, 0.1) is 0 Å². The number of nitrogens with one attached hydrogen (secondary N) is 3. The molecule has 0 bridgehead atoms. The van der Waals surface area contributed by atoms with E-state index < -0.39 is 15.9 Å². The first kappa shape index (κ1) is 22.3. The molecule has 3 aromatic rings. The fourth-order valence-electron chi connectivity index (χ4n) is 2.83. The van der Waals surface area contributed by atoms with Crippen molar-refractivity contribution in [1.82, 2.24) is 5.32 Å². The highest BCUT2D eigenvalue weighted by Gasteiger charge is 2.16. The molecule has 0 heterocycles. The smallest absolute Gasteiger partial charge is 0.257 e. The fraction of sp³-hybridized carbons (Fsp3) is 0.0909. The third kappa shape index (κ3) is 6.31. The lowest BCUT2D eigenvalue weighted by atomic mass is 10.1. The summed E-state index contributed by atoms with van der Waals surface area (Å²) < 4.78 is 25.0. The highest BCUT2D eigenvalue weighted by atomic mass is 35.5. The van der Waals surface area contributed by atoms with Gasteiger partial charge in [-0.15, -0.1) is 0 Å². The van der Waals surface area contributed by atoms with Crippen molar-refractivity contribution in [2.75, 3.05) is 16.3 Å². The number of benzene rings is 3. The molecule has 31 heavy (non-hydrogen) atoms. The highest BCUT2D eigenvalue weighted by Crippen LogP contribution is 2.24. The molecular formula is C22H20ClN3O4S. The molecule has 3 aromatic carbocycles. The van der Waals surface area contributed by atoms with Gasteiger partial charge in [0.05, 0.1) is 28.1 Å². The Kier molecular flexibility index (Phi) is 6.94. The Labute approximate surface area is 185 Å². The van der Waals surface area contributed by atoms with E-state index in [9.17, 15) is 18.0 Å². The van der Waals surface area contributed by atoms with Gasteiger partial charge in [-0.1, -0.05) is 54.1 Å². The van der Waals surface area contributed by atoms with E-state index in [0.29, 0.717) is 17.8 Å². The summed E-state index contributed by atoms with van der Waals surface area (Å²) in [6.45, 7) is 0.350. The average Bonchev–Trinajstić information content (AvgIpc) is 2.72. The van der Waals surface area contributed by atoms with Gasteiger partial charge >= 0.3 is 0 Å². The number of anilines is 2. The van der Waals surface area contributed by atoms with Gasteiger partial charge in [-0.2, -0.15) is 0 Å². The van der Waals surface area contributed by atoms with Crippen LogP contribution in [0.2, 0.25) is 5.02 Å². The zero-order valence-corrected chi connectivity index (χ0v) is 18.1. The van der Waals surface area contributed by atoms with Crippen LogP contribution in [0.25, 0.3) is 0 Å². The second-order valence-electron chi connectivity index (χ2n) is 6.74. The first-order chi connectivity index (χ1) is 14.7. The average molecular weight is 458 g/mol. The topological polar surface area (TPSA) is 104 Å². The van der Waals surface area contributed by atoms with E-state index in [1.807, 2.05) is 30.3 Å². The summed E-state index contributed by atoms with van der Waals surface area (Å²) in [4.78, 5) is 25.4. The summed E-state index contributed by atoms with van der Waals surface area (Å²) in [5.74, 6) is -0.863. The van der Waals surface area contributed by atoms with E-state index in [-0.39, 0.29) is 22.2 Å². The van der Waals surface area contributed by atoms with Crippen LogP contribution in [-0.4, -0.2) is 26.5 Å². The number of halogens is 1. The van der Waals surface area contributed by atoms with Gasteiger partial charge in [0.1, 0.15) is 0 Å². The lowest BCUT2D eigenvalue weighted by molar-refractivity contribution is 0.0951. The number of carbonyl (C=O) groups excluding carboxylic acids is 2. The van der Waals surface area contributed by atoms with Gasteiger partial charge in [0.15, 0.2) is 0 Å². The highest BCUT2D eigenvalue weighted by molar-refractivity contribution is 7.92. The van der Waals surface area contributed by atoms with Gasteiger partial charge in [-0.25, -0.2) is 8.42 Å². The number of para-hydroxylation sites is 1. The van der Waals surface area contributed by atoms with Crippen molar-refractivity contribution in [3.8, 4) is 0 Å². The Morgan fingerprint density at radius 2 is 1.55 bits per heavy atom. The molecule has 3 N–H and O–H groups in total. The van der Waals surface area contributed by atoms with Crippen LogP contribution in [0.5, 0.6) is 0 Å². The van der Waals surface area contributed by atoms with E-state index in [2.05, 4.69) is 15.4 Å². The van der Waals surface area contributed by atoms with E-state index in [4.69, 9.17) is 11.6 Å². The van der Waals surface area contributed by atoms with Gasteiger partial charge in [0, 0.05) is 12.2 Å². The van der Waals surface area contributed by atoms with Gasteiger partial charge in [-0.05, 0) is 35.9 Å². The molecule has 3 rings (SSSR count). The van der Waals surface area contributed by atoms with Crippen molar-refractivity contribution in [2.24, 2.45) is 0 Å². The maximum atomic E-state index is 12.7. The molecule has 0 unspecified atom stereocenters. The van der Waals surface area contributed by atoms with Crippen molar-refractivity contribution in [3.63, 3.8) is 0 Å². The molecule has 0 radical (unpaired) electrons. The van der Waals surface area contributed by atoms with Crippen molar-refractivity contribution >= 4 is 44.8 Å². The maximum Gasteiger partial charge on any atom is 0.257 e. The quantitative estimate of drug-likeness (QED) is 0.500. The molecule has 0 aliphatic heterocycles. The monoisotopic (exact) mass is 457 g/mol. The molecule has 7 nitrogen and oxygen atoms in total. The predicted molar refractivity (Wildman–Crippen MR) is 122 cm³/mol. The van der Waals surface area contributed by atoms with Crippen molar-refractivity contribution in [2.45, 2.75) is 6.54 Å². The zero-order chi connectivity index (χ0) is 22.4. The second kappa shape index (κ2) is 9.63. The molecular weight excluding hydrogens is 438 g/mol. The van der Waals surface area contributed by atoms with Crippen LogP contribution in [0.4, 0.5) is 11.4 Å². The van der Waals surface area contributed by atoms with E-state index in [1.54, 1.807) is 24.3 Å². The van der Waals surface area contributed by atoms with Crippen LogP contribution in [0.3, 0.4) is 0 Å². The van der Waals surface area contributed by atoms with Crippen LogP contribution in [0.15, 0.2) is 72.8 Å². The summed E-state index contributed by atoms with van der Waals surface area (Å²) >= 11 is 6.16. The van der Waals surface area contributed by atoms with Crippen LogP contribution < -0.4 is 15.4 Å². The molecule has 0 aromatic heterocycles. The Morgan fingerprint density at radius 3 is 2.23 bits per heavy atom. The van der Waals surface area contributed by atoms with Gasteiger partial charge in [-0.3, -0.25) is 14.3 Å². The van der Waals surface area contributed by atoms with Crippen molar-refractivity contribution in [1.29, 1.82) is 0 Å². The molecule has 0 aliphatic carbocycles. The first-order valence-electron chi connectivity index (χ1n) is 9.23. The lowest BCUT2D eigenvalue weighted by Crippen LogP contribution is -2.25. The lowest BCUT2D eigenvalue weighted by Gasteiger charge is -2.13. The molecule has 0 atom stereocenters. The number of carbonyl (C=O) groups is 2. The van der Waals surface area contributed by atoms with E-state index in [1.165, 1.54) is 18.2 Å². The predicted octanol–water partition coefficient (Wildman–Crippen LogP) is 3.89. The number of amides is 2. The van der Waals surface area contributed by atoms with Crippen molar-refractivity contribution in [3.05, 3.63) is 94.5 Å². The van der Waals surface area contributed by atoms with Crippen LogP contribution >= 0.6 is 11.6 Å². The van der Waals surface area contributed by atoms with Crippen molar-refractivity contribution < 1.29 is 18.0 Å². The molecule has 0 saturated heterocycles. The number of hydrogen-bond acceptors (Lipinski definition) is 4. The Hall–Kier alpha value is -3.36.